The van der Waals surface area contributed by atoms with E-state index in [4.69, 9.17) is 9.97 Å². The topological polar surface area (TPSA) is 94.2 Å². The number of nitrogens with zero attached hydrogens (tertiary/aromatic N) is 5. The third kappa shape index (κ3) is 3.58. The number of fused-ring (bicyclic) bond motifs is 2. The third-order valence-corrected chi connectivity index (χ3v) is 8.35. The first kappa shape index (κ1) is 21.0. The smallest absolute Gasteiger partial charge is 0.269 e. The maximum atomic E-state index is 13.8. The number of benzene rings is 1. The van der Waals surface area contributed by atoms with E-state index in [-0.39, 0.29) is 11.2 Å². The van der Waals surface area contributed by atoms with Gasteiger partial charge in [0.1, 0.15) is 6.67 Å². The second kappa shape index (κ2) is 8.35. The molecule has 0 atom stereocenters. The summed E-state index contributed by atoms with van der Waals surface area (Å²) in [5.41, 5.74) is 2.77. The number of pyridine rings is 1. The minimum absolute atomic E-state index is 0.0341. The first-order valence-corrected chi connectivity index (χ1v) is 13.0. The number of nitro groups is 1. The molecule has 5 aromatic rings. The van der Waals surface area contributed by atoms with Gasteiger partial charge in [-0.3, -0.25) is 19.5 Å². The van der Waals surface area contributed by atoms with Crippen LogP contribution in [0.2, 0.25) is 0 Å². The van der Waals surface area contributed by atoms with Crippen LogP contribution in [-0.2, 0) is 6.67 Å². The van der Waals surface area contributed by atoms with E-state index >= 15 is 0 Å². The molecule has 0 amide bonds. The Hall–Kier alpha value is -3.54. The molecule has 0 fully saturated rings. The Kier molecular flexibility index (Phi) is 5.16. The normalized spacial score (nSPS) is 13.2. The van der Waals surface area contributed by atoms with Crippen LogP contribution in [0.1, 0.15) is 0 Å². The molecular formula is C23H15N5O3S3. The van der Waals surface area contributed by atoms with Gasteiger partial charge in [0.25, 0.3) is 11.2 Å². The molecule has 0 spiro atoms. The Morgan fingerprint density at radius 2 is 1.71 bits per heavy atom. The first-order valence-electron chi connectivity index (χ1n) is 10.2. The molecule has 168 valence electrons. The summed E-state index contributed by atoms with van der Waals surface area (Å²) in [6.07, 6.45) is 0. The zero-order valence-corrected chi connectivity index (χ0v) is 19.9. The van der Waals surface area contributed by atoms with Crippen LogP contribution in [0.4, 0.5) is 11.4 Å². The van der Waals surface area contributed by atoms with Crippen LogP contribution in [-0.4, -0.2) is 25.3 Å². The summed E-state index contributed by atoms with van der Waals surface area (Å²) in [6.45, 7) is 0.304. The molecule has 1 aliphatic rings. The van der Waals surface area contributed by atoms with Crippen LogP contribution in [0, 0.1) is 10.1 Å². The molecule has 0 aliphatic carbocycles. The molecular weight excluding hydrogens is 490 g/mol. The molecule has 0 bridgehead atoms. The van der Waals surface area contributed by atoms with Crippen molar-refractivity contribution in [3.05, 3.63) is 85.8 Å². The van der Waals surface area contributed by atoms with Crippen LogP contribution in [0.25, 0.3) is 32.0 Å². The van der Waals surface area contributed by atoms with Gasteiger partial charge in [-0.25, -0.2) is 9.97 Å². The SMILES string of the molecule is O=c1c2c(-c3cccs3)cc(-c3cccs3)nc2nc2n1CN(c1ccc([N+](=O)[O-])cc1)CS2. The molecule has 0 N–H and O–H groups in total. The molecule has 8 nitrogen and oxygen atoms in total. The molecule has 1 aromatic carbocycles. The van der Waals surface area contributed by atoms with Crippen molar-refractivity contribution >= 4 is 56.8 Å². The van der Waals surface area contributed by atoms with E-state index in [9.17, 15) is 14.9 Å². The fourth-order valence-corrected chi connectivity index (χ4v) is 6.28. The van der Waals surface area contributed by atoms with Gasteiger partial charge >= 0.3 is 0 Å². The molecule has 0 saturated heterocycles. The van der Waals surface area contributed by atoms with Crippen LogP contribution in [0.3, 0.4) is 0 Å². The maximum absolute atomic E-state index is 13.8. The van der Waals surface area contributed by atoms with E-state index in [0.717, 1.165) is 26.7 Å². The van der Waals surface area contributed by atoms with Gasteiger partial charge in [0, 0.05) is 28.3 Å². The van der Waals surface area contributed by atoms with E-state index in [1.807, 2.05) is 46.0 Å². The Bertz CT molecular complexity index is 1580. The number of aromatic nitrogens is 3. The summed E-state index contributed by atoms with van der Waals surface area (Å²) in [7, 11) is 0. The average Bonchev–Trinajstić information content (AvgIpc) is 3.58. The zero-order chi connectivity index (χ0) is 23.2. The van der Waals surface area contributed by atoms with Gasteiger partial charge in [-0.05, 0) is 41.1 Å². The lowest BCUT2D eigenvalue weighted by molar-refractivity contribution is -0.384. The Balaban J connectivity index is 1.49. The van der Waals surface area contributed by atoms with Crippen LogP contribution < -0.4 is 10.5 Å². The van der Waals surface area contributed by atoms with E-state index in [0.29, 0.717) is 28.7 Å². The van der Waals surface area contributed by atoms with Crippen molar-refractivity contribution in [2.75, 3.05) is 10.8 Å². The van der Waals surface area contributed by atoms with Gasteiger partial charge in [0.15, 0.2) is 10.8 Å². The van der Waals surface area contributed by atoms with Crippen LogP contribution >= 0.6 is 34.4 Å². The van der Waals surface area contributed by atoms with Crippen molar-refractivity contribution in [1.82, 2.24) is 14.5 Å². The summed E-state index contributed by atoms with van der Waals surface area (Å²) < 4.78 is 1.65. The summed E-state index contributed by atoms with van der Waals surface area (Å²) in [5.74, 6) is 0.568. The van der Waals surface area contributed by atoms with Crippen LogP contribution in [0.15, 0.2) is 75.3 Å². The minimum atomic E-state index is -0.422. The predicted molar refractivity (Wildman–Crippen MR) is 137 cm³/mol. The lowest BCUT2D eigenvalue weighted by Gasteiger charge is -2.30. The van der Waals surface area contributed by atoms with Gasteiger partial charge in [0.2, 0.25) is 0 Å². The number of rotatable bonds is 4. The quantitative estimate of drug-likeness (QED) is 0.176. The zero-order valence-electron chi connectivity index (χ0n) is 17.5. The third-order valence-electron chi connectivity index (χ3n) is 5.54. The fraction of sp³-hybridized carbons (Fsp3) is 0.0870. The van der Waals surface area contributed by atoms with E-state index in [1.165, 1.54) is 23.9 Å². The van der Waals surface area contributed by atoms with E-state index < -0.39 is 4.92 Å². The fourth-order valence-electron chi connectivity index (χ4n) is 3.90. The molecule has 0 unspecified atom stereocenters. The van der Waals surface area contributed by atoms with Gasteiger partial charge in [-0.2, -0.15) is 0 Å². The summed E-state index contributed by atoms with van der Waals surface area (Å²) in [6, 6.07) is 16.3. The number of anilines is 1. The molecule has 1 aliphatic heterocycles. The molecule has 0 saturated carbocycles. The number of thioether (sulfide) groups is 1. The number of hydrogen-bond acceptors (Lipinski definition) is 9. The van der Waals surface area contributed by atoms with Crippen molar-refractivity contribution in [3.8, 4) is 21.0 Å². The van der Waals surface area contributed by atoms with Gasteiger partial charge in [-0.1, -0.05) is 23.9 Å². The molecule has 0 radical (unpaired) electrons. The van der Waals surface area contributed by atoms with Gasteiger partial charge in [-0.15, -0.1) is 22.7 Å². The van der Waals surface area contributed by atoms with Gasteiger partial charge < -0.3 is 4.90 Å². The maximum Gasteiger partial charge on any atom is 0.269 e. The molecule has 5 heterocycles. The lowest BCUT2D eigenvalue weighted by Crippen LogP contribution is -2.37. The van der Waals surface area contributed by atoms with E-state index in [1.54, 1.807) is 39.4 Å². The summed E-state index contributed by atoms with van der Waals surface area (Å²) in [5, 5.41) is 16.1. The van der Waals surface area contributed by atoms with Crippen molar-refractivity contribution in [3.63, 3.8) is 0 Å². The molecule has 6 rings (SSSR count). The summed E-state index contributed by atoms with van der Waals surface area (Å²) in [4.78, 5) is 37.9. The number of non-ortho nitro benzene ring substituents is 1. The lowest BCUT2D eigenvalue weighted by atomic mass is 10.1. The number of thiophene rings is 2. The second-order valence-corrected chi connectivity index (χ2v) is 10.4. The first-order chi connectivity index (χ1) is 16.6. The molecule has 11 heteroatoms. The Labute approximate surface area is 205 Å². The minimum Gasteiger partial charge on any atom is -0.343 e. The number of hydrogen-bond donors (Lipinski definition) is 0. The van der Waals surface area contributed by atoms with Crippen molar-refractivity contribution in [1.29, 1.82) is 0 Å². The second-order valence-electron chi connectivity index (χ2n) is 7.56. The molecule has 34 heavy (non-hydrogen) atoms. The van der Waals surface area contributed by atoms with Gasteiger partial charge in [0.05, 0.1) is 26.8 Å². The highest BCUT2D eigenvalue weighted by Crippen LogP contribution is 2.35. The van der Waals surface area contributed by atoms with Crippen molar-refractivity contribution in [2.45, 2.75) is 11.8 Å². The highest BCUT2D eigenvalue weighted by Gasteiger charge is 2.24. The highest BCUT2D eigenvalue weighted by atomic mass is 32.2. The Morgan fingerprint density at radius 3 is 2.38 bits per heavy atom. The number of nitro benzene ring substituents is 1. The van der Waals surface area contributed by atoms with Crippen molar-refractivity contribution < 1.29 is 4.92 Å². The Morgan fingerprint density at radius 1 is 0.971 bits per heavy atom. The standard InChI is InChI=1S/C23H15N5O3S3/c29-22-20-16(18-3-1-9-32-18)11-17(19-4-2-10-33-19)24-21(20)25-23-27(22)12-26(13-34-23)14-5-7-15(8-6-14)28(30)31/h1-11H,12-13H2. The van der Waals surface area contributed by atoms with E-state index in [2.05, 4.69) is 0 Å². The largest absolute Gasteiger partial charge is 0.343 e. The van der Waals surface area contributed by atoms with Crippen molar-refractivity contribution in [2.24, 2.45) is 0 Å². The van der Waals surface area contributed by atoms with Crippen LogP contribution in [0.5, 0.6) is 0 Å². The summed E-state index contributed by atoms with van der Waals surface area (Å²) >= 11 is 4.62. The molecule has 4 aromatic heterocycles. The monoisotopic (exact) mass is 505 g/mol. The average molecular weight is 506 g/mol. The predicted octanol–water partition coefficient (Wildman–Crippen LogP) is 5.68. The highest BCUT2D eigenvalue weighted by molar-refractivity contribution is 7.99.